The number of carbonyl (C=O) groups is 3. The quantitative estimate of drug-likeness (QED) is 0.656. The molecule has 2 heterocycles. The van der Waals surface area contributed by atoms with Crippen molar-refractivity contribution in [2.45, 2.75) is 13.3 Å². The summed E-state index contributed by atoms with van der Waals surface area (Å²) in [7, 11) is 0. The molecule has 4 atom stereocenters. The summed E-state index contributed by atoms with van der Waals surface area (Å²) in [5.41, 5.74) is 2.21. The number of benzene rings is 1. The number of allylic oxidation sites excluding steroid dienone is 2. The zero-order valence-electron chi connectivity index (χ0n) is 14.6. The molecule has 1 aromatic heterocycles. The molecule has 5 rings (SSSR count). The highest BCUT2D eigenvalue weighted by atomic mass is 32.1. The Balaban J connectivity index is 1.37. The first-order chi connectivity index (χ1) is 13.0. The number of hydrogen-bond acceptors (Lipinski definition) is 5. The lowest BCUT2D eigenvalue weighted by molar-refractivity contribution is -0.123. The molecule has 6 nitrogen and oxygen atoms in total. The number of amides is 3. The van der Waals surface area contributed by atoms with Crippen molar-refractivity contribution < 1.29 is 14.4 Å². The summed E-state index contributed by atoms with van der Waals surface area (Å²) in [4.78, 5) is 43.5. The van der Waals surface area contributed by atoms with Crippen molar-refractivity contribution in [3.05, 3.63) is 53.1 Å². The number of thiazole rings is 1. The SMILES string of the molecule is CC1=CC2CC1C1C(=O)N(c3ccc(C(=O)Nc4nccs4)cc3)C(=O)C21. The molecule has 2 aliphatic carbocycles. The van der Waals surface area contributed by atoms with Gasteiger partial charge in [-0.15, -0.1) is 11.3 Å². The second kappa shape index (κ2) is 5.85. The van der Waals surface area contributed by atoms with Crippen LogP contribution in [0.4, 0.5) is 10.8 Å². The van der Waals surface area contributed by atoms with E-state index in [-0.39, 0.29) is 41.4 Å². The summed E-state index contributed by atoms with van der Waals surface area (Å²) in [5, 5.41) is 5.03. The van der Waals surface area contributed by atoms with Gasteiger partial charge in [-0.25, -0.2) is 4.98 Å². The van der Waals surface area contributed by atoms with Crippen LogP contribution in [0.2, 0.25) is 0 Å². The Morgan fingerprint density at radius 3 is 2.63 bits per heavy atom. The van der Waals surface area contributed by atoms with Crippen molar-refractivity contribution in [2.24, 2.45) is 23.7 Å². The van der Waals surface area contributed by atoms with E-state index in [1.807, 2.05) is 0 Å². The lowest BCUT2D eigenvalue weighted by Gasteiger charge is -2.19. The predicted octanol–water partition coefficient (Wildman–Crippen LogP) is 3.10. The number of anilines is 2. The van der Waals surface area contributed by atoms with Crippen LogP contribution in [0.15, 0.2) is 47.5 Å². The van der Waals surface area contributed by atoms with Crippen molar-refractivity contribution in [3.63, 3.8) is 0 Å². The molecular weight excluding hydrogens is 362 g/mol. The summed E-state index contributed by atoms with van der Waals surface area (Å²) in [6.07, 6.45) is 4.70. The van der Waals surface area contributed by atoms with E-state index in [4.69, 9.17) is 0 Å². The van der Waals surface area contributed by atoms with Gasteiger partial charge in [0.05, 0.1) is 17.5 Å². The monoisotopic (exact) mass is 379 g/mol. The molecule has 3 aliphatic rings. The Labute approximate surface area is 159 Å². The minimum Gasteiger partial charge on any atom is -0.298 e. The molecule has 1 saturated carbocycles. The van der Waals surface area contributed by atoms with Crippen LogP contribution in [0, 0.1) is 23.7 Å². The fraction of sp³-hybridized carbons (Fsp3) is 0.300. The first-order valence-corrected chi connectivity index (χ1v) is 9.79. The Bertz CT molecular complexity index is 980. The Hall–Kier alpha value is -2.80. The predicted molar refractivity (Wildman–Crippen MR) is 101 cm³/mol. The molecule has 2 aromatic rings. The Morgan fingerprint density at radius 1 is 1.19 bits per heavy atom. The van der Waals surface area contributed by atoms with Gasteiger partial charge in [-0.05, 0) is 49.4 Å². The van der Waals surface area contributed by atoms with Crippen molar-refractivity contribution in [1.82, 2.24) is 4.98 Å². The van der Waals surface area contributed by atoms with Gasteiger partial charge < -0.3 is 0 Å². The van der Waals surface area contributed by atoms with E-state index in [9.17, 15) is 14.4 Å². The summed E-state index contributed by atoms with van der Waals surface area (Å²) in [5.74, 6) is -0.550. The second-order valence-electron chi connectivity index (χ2n) is 7.32. The highest BCUT2D eigenvalue weighted by Gasteiger charge is 2.60. The van der Waals surface area contributed by atoms with Gasteiger partial charge in [0.1, 0.15) is 0 Å². The van der Waals surface area contributed by atoms with E-state index >= 15 is 0 Å². The molecule has 136 valence electrons. The first-order valence-electron chi connectivity index (χ1n) is 8.91. The molecule has 27 heavy (non-hydrogen) atoms. The fourth-order valence-corrected chi connectivity index (χ4v) is 5.27. The third-order valence-corrected chi connectivity index (χ3v) is 6.61. The van der Waals surface area contributed by atoms with Crippen molar-refractivity contribution >= 4 is 39.9 Å². The van der Waals surface area contributed by atoms with Crippen LogP contribution in [0.1, 0.15) is 23.7 Å². The molecule has 1 aliphatic heterocycles. The van der Waals surface area contributed by atoms with Crippen molar-refractivity contribution in [3.8, 4) is 0 Å². The van der Waals surface area contributed by atoms with Gasteiger partial charge >= 0.3 is 0 Å². The lowest BCUT2D eigenvalue weighted by atomic mass is 9.82. The Kier molecular flexibility index (Phi) is 3.55. The number of nitrogens with zero attached hydrogens (tertiary/aromatic N) is 2. The van der Waals surface area contributed by atoms with E-state index in [0.29, 0.717) is 16.4 Å². The van der Waals surface area contributed by atoms with Crippen LogP contribution >= 0.6 is 11.3 Å². The molecule has 7 heteroatoms. The largest absolute Gasteiger partial charge is 0.298 e. The molecule has 2 fully saturated rings. The van der Waals surface area contributed by atoms with E-state index in [2.05, 4.69) is 23.3 Å². The maximum atomic E-state index is 13.0. The fourth-order valence-electron chi connectivity index (χ4n) is 4.75. The summed E-state index contributed by atoms with van der Waals surface area (Å²) >= 11 is 1.34. The normalized spacial score (nSPS) is 28.5. The van der Waals surface area contributed by atoms with E-state index in [0.717, 1.165) is 6.42 Å². The molecule has 0 spiro atoms. The van der Waals surface area contributed by atoms with Gasteiger partial charge in [0.25, 0.3) is 5.91 Å². The smallest absolute Gasteiger partial charge is 0.257 e. The molecule has 4 unspecified atom stereocenters. The topological polar surface area (TPSA) is 79.4 Å². The van der Waals surface area contributed by atoms with Crippen LogP contribution in [0.25, 0.3) is 0 Å². The number of nitrogens with one attached hydrogen (secondary N) is 1. The zero-order valence-corrected chi connectivity index (χ0v) is 15.4. The highest BCUT2D eigenvalue weighted by molar-refractivity contribution is 7.13. The minimum atomic E-state index is -0.273. The van der Waals surface area contributed by atoms with E-state index in [1.54, 1.807) is 35.8 Å². The zero-order chi connectivity index (χ0) is 18.7. The van der Waals surface area contributed by atoms with Crippen LogP contribution < -0.4 is 10.2 Å². The molecule has 2 bridgehead atoms. The highest BCUT2D eigenvalue weighted by Crippen LogP contribution is 2.55. The molecule has 3 amide bonds. The number of fused-ring (bicyclic) bond motifs is 5. The summed E-state index contributed by atoms with van der Waals surface area (Å²) < 4.78 is 0. The number of rotatable bonds is 3. The third kappa shape index (κ3) is 2.38. The van der Waals surface area contributed by atoms with E-state index < -0.39 is 0 Å². The van der Waals surface area contributed by atoms with Crippen molar-refractivity contribution in [1.29, 1.82) is 0 Å². The van der Waals surface area contributed by atoms with Gasteiger partial charge in [-0.2, -0.15) is 0 Å². The van der Waals surface area contributed by atoms with Gasteiger partial charge in [-0.3, -0.25) is 24.6 Å². The van der Waals surface area contributed by atoms with Gasteiger partial charge in [0.15, 0.2) is 5.13 Å². The molecule has 1 saturated heterocycles. The van der Waals surface area contributed by atoms with Gasteiger partial charge in [0, 0.05) is 17.1 Å². The summed E-state index contributed by atoms with van der Waals surface area (Å²) in [6, 6.07) is 6.59. The average Bonchev–Trinajstić information content (AvgIpc) is 3.41. The summed E-state index contributed by atoms with van der Waals surface area (Å²) in [6.45, 7) is 2.05. The molecule has 1 N–H and O–H groups in total. The van der Waals surface area contributed by atoms with E-state index in [1.165, 1.54) is 21.8 Å². The maximum Gasteiger partial charge on any atom is 0.257 e. The van der Waals surface area contributed by atoms with Gasteiger partial charge in [-0.1, -0.05) is 11.6 Å². The van der Waals surface area contributed by atoms with Gasteiger partial charge in [0.2, 0.25) is 11.8 Å². The van der Waals surface area contributed by atoms with Crippen molar-refractivity contribution in [2.75, 3.05) is 10.2 Å². The van der Waals surface area contributed by atoms with Crippen LogP contribution in [0.5, 0.6) is 0 Å². The Morgan fingerprint density at radius 2 is 1.93 bits per heavy atom. The second-order valence-corrected chi connectivity index (χ2v) is 8.21. The number of hydrogen-bond donors (Lipinski definition) is 1. The number of aromatic nitrogens is 1. The molecule has 0 radical (unpaired) electrons. The first kappa shape index (κ1) is 16.4. The van der Waals surface area contributed by atoms with Crippen LogP contribution in [0.3, 0.4) is 0 Å². The molecular formula is C20H17N3O3S. The van der Waals surface area contributed by atoms with Crippen LogP contribution in [-0.4, -0.2) is 22.7 Å². The van der Waals surface area contributed by atoms with Crippen LogP contribution in [-0.2, 0) is 9.59 Å². The lowest BCUT2D eigenvalue weighted by Crippen LogP contribution is -2.33. The standard InChI is InChI=1S/C20H17N3O3S/c1-10-8-12-9-14(10)16-15(12)18(25)23(19(16)26)13-4-2-11(3-5-13)17(24)22-20-21-6-7-27-20/h2-8,12,14-16H,9H2,1H3,(H,21,22,24). The third-order valence-electron chi connectivity index (χ3n) is 5.92. The maximum absolute atomic E-state index is 13.0. The molecule has 1 aromatic carbocycles. The minimum absolute atomic E-state index is 0.107. The number of carbonyl (C=O) groups excluding carboxylic acids is 3. The number of imide groups is 1. The average molecular weight is 379 g/mol.